The minimum atomic E-state index is 0. The Morgan fingerprint density at radius 3 is 2.36 bits per heavy atom. The molecule has 132 valence electrons. The molecule has 2 aromatic carbocycles. The van der Waals surface area contributed by atoms with E-state index in [0.29, 0.717) is 6.04 Å². The van der Waals surface area contributed by atoms with Crippen molar-refractivity contribution < 1.29 is 37.9 Å². The van der Waals surface area contributed by atoms with Gasteiger partial charge in [0.25, 0.3) is 0 Å². The molecule has 0 saturated carbocycles. The van der Waals surface area contributed by atoms with Gasteiger partial charge in [-0.1, -0.05) is 30.3 Å². The van der Waals surface area contributed by atoms with E-state index in [4.69, 9.17) is 9.47 Å². The van der Waals surface area contributed by atoms with Crippen LogP contribution in [0, 0.1) is 0 Å². The normalized spacial score (nSPS) is 23.8. The molecule has 0 bridgehead atoms. The molecule has 2 aliphatic rings. The Morgan fingerprint density at radius 1 is 1.00 bits per heavy atom. The molecule has 2 aromatic rings. The largest absolute Gasteiger partial charge is 1.00 e. The van der Waals surface area contributed by atoms with Crippen molar-refractivity contribution >= 4 is 5.70 Å². The summed E-state index contributed by atoms with van der Waals surface area (Å²) in [5.41, 5.74) is 5.53. The van der Waals surface area contributed by atoms with Crippen LogP contribution >= 0.6 is 0 Å². The van der Waals surface area contributed by atoms with Crippen LogP contribution in [0.4, 0.5) is 0 Å². The van der Waals surface area contributed by atoms with E-state index in [-0.39, 0.29) is 24.0 Å². The third-order valence-electron chi connectivity index (χ3n) is 5.69. The van der Waals surface area contributed by atoms with Gasteiger partial charge in [0.2, 0.25) is 0 Å². The predicted octanol–water partition coefficient (Wildman–Crippen LogP) is 1.20. The average molecular weight is 449 g/mol. The van der Waals surface area contributed by atoms with Gasteiger partial charge in [-0.3, -0.25) is 4.48 Å². The van der Waals surface area contributed by atoms with Crippen LogP contribution in [0.3, 0.4) is 0 Å². The number of halogens is 1. The highest BCUT2D eigenvalue weighted by atomic mass is 127. The number of likely N-dealkylation sites (N-methyl/N-ethyl adjacent to an activating group) is 1. The zero-order valence-electron chi connectivity index (χ0n) is 15.0. The van der Waals surface area contributed by atoms with Crippen LogP contribution in [-0.2, 0) is 6.42 Å². The minimum Gasteiger partial charge on any atom is -1.00 e. The SMILES string of the molecule is COc1cc2c(cc1OC)C1=CCC(c3ccccc3)[N+]1(C)CC2.[I-]. The lowest BCUT2D eigenvalue weighted by Gasteiger charge is -2.42. The Kier molecular flexibility index (Phi) is 5.11. The van der Waals surface area contributed by atoms with Crippen molar-refractivity contribution in [2.24, 2.45) is 0 Å². The first-order valence-electron chi connectivity index (χ1n) is 8.53. The maximum atomic E-state index is 5.54. The molecular weight excluding hydrogens is 425 g/mol. The number of methoxy groups -OCH3 is 2. The van der Waals surface area contributed by atoms with Gasteiger partial charge in [-0.05, 0) is 23.8 Å². The fourth-order valence-corrected chi connectivity index (χ4v) is 4.35. The zero-order chi connectivity index (χ0) is 16.7. The van der Waals surface area contributed by atoms with Gasteiger partial charge in [-0.15, -0.1) is 0 Å². The molecule has 0 radical (unpaired) electrons. The van der Waals surface area contributed by atoms with Gasteiger partial charge in [0.05, 0.1) is 27.8 Å². The molecule has 25 heavy (non-hydrogen) atoms. The summed E-state index contributed by atoms with van der Waals surface area (Å²) < 4.78 is 12.0. The molecule has 3 nitrogen and oxygen atoms in total. The van der Waals surface area contributed by atoms with Crippen LogP contribution in [0.2, 0.25) is 0 Å². The van der Waals surface area contributed by atoms with E-state index in [1.165, 1.54) is 22.4 Å². The molecule has 0 N–H and O–H groups in total. The minimum absolute atomic E-state index is 0. The van der Waals surface area contributed by atoms with E-state index >= 15 is 0 Å². The number of hydrogen-bond donors (Lipinski definition) is 0. The van der Waals surface area contributed by atoms with E-state index in [0.717, 1.165) is 35.4 Å². The number of benzene rings is 2. The number of ether oxygens (including phenoxy) is 2. The molecule has 2 unspecified atom stereocenters. The van der Waals surface area contributed by atoms with Crippen LogP contribution in [0.1, 0.15) is 29.2 Å². The Balaban J connectivity index is 0.00000182. The maximum absolute atomic E-state index is 5.54. The zero-order valence-corrected chi connectivity index (χ0v) is 17.1. The van der Waals surface area contributed by atoms with E-state index in [1.807, 2.05) is 0 Å². The van der Waals surface area contributed by atoms with E-state index in [2.05, 4.69) is 55.6 Å². The van der Waals surface area contributed by atoms with Gasteiger partial charge in [-0.2, -0.15) is 0 Å². The highest BCUT2D eigenvalue weighted by Crippen LogP contribution is 2.50. The Bertz CT molecular complexity index is 803. The van der Waals surface area contributed by atoms with E-state index < -0.39 is 0 Å². The van der Waals surface area contributed by atoms with Crippen molar-refractivity contribution in [1.82, 2.24) is 0 Å². The number of fused-ring (bicyclic) bond motifs is 3. The van der Waals surface area contributed by atoms with Gasteiger partial charge in [-0.25, -0.2) is 0 Å². The Labute approximate surface area is 166 Å². The number of nitrogens with zero attached hydrogens (tertiary/aromatic N) is 1. The van der Waals surface area contributed by atoms with Gasteiger partial charge in [0.15, 0.2) is 11.5 Å². The molecule has 0 fully saturated rings. The first kappa shape index (κ1) is 18.3. The van der Waals surface area contributed by atoms with Crippen LogP contribution < -0.4 is 33.5 Å². The molecule has 0 aliphatic carbocycles. The predicted molar refractivity (Wildman–Crippen MR) is 96.1 cm³/mol. The van der Waals surface area contributed by atoms with Crippen molar-refractivity contribution in [2.45, 2.75) is 18.9 Å². The Morgan fingerprint density at radius 2 is 1.68 bits per heavy atom. The average Bonchev–Trinajstić information content (AvgIpc) is 2.98. The fraction of sp³-hybridized carbons (Fsp3) is 0.333. The number of hydrogen-bond acceptors (Lipinski definition) is 2. The second kappa shape index (κ2) is 7.00. The molecule has 0 saturated heterocycles. The summed E-state index contributed by atoms with van der Waals surface area (Å²) in [6.07, 6.45) is 4.57. The van der Waals surface area contributed by atoms with Crippen molar-refractivity contribution in [3.8, 4) is 11.5 Å². The van der Waals surface area contributed by atoms with Crippen molar-refractivity contribution in [3.63, 3.8) is 0 Å². The summed E-state index contributed by atoms with van der Waals surface area (Å²) in [7, 11) is 5.78. The summed E-state index contributed by atoms with van der Waals surface area (Å²) in [6, 6.07) is 15.7. The molecule has 0 spiro atoms. The van der Waals surface area contributed by atoms with E-state index in [1.54, 1.807) is 14.2 Å². The summed E-state index contributed by atoms with van der Waals surface area (Å²) in [4.78, 5) is 0. The molecule has 2 atom stereocenters. The monoisotopic (exact) mass is 449 g/mol. The molecule has 4 heteroatoms. The van der Waals surface area contributed by atoms with Crippen LogP contribution in [0.5, 0.6) is 11.5 Å². The van der Waals surface area contributed by atoms with Crippen molar-refractivity contribution in [3.05, 3.63) is 65.2 Å². The fourth-order valence-electron chi connectivity index (χ4n) is 4.35. The van der Waals surface area contributed by atoms with Gasteiger partial charge < -0.3 is 33.5 Å². The highest BCUT2D eigenvalue weighted by Gasteiger charge is 2.45. The lowest BCUT2D eigenvalue weighted by atomic mass is 9.93. The summed E-state index contributed by atoms with van der Waals surface area (Å²) in [6.45, 7) is 1.12. The second-order valence-electron chi connectivity index (χ2n) is 6.86. The van der Waals surface area contributed by atoms with Gasteiger partial charge in [0.1, 0.15) is 11.7 Å². The van der Waals surface area contributed by atoms with Crippen molar-refractivity contribution in [1.29, 1.82) is 0 Å². The third-order valence-corrected chi connectivity index (χ3v) is 5.69. The van der Waals surface area contributed by atoms with Gasteiger partial charge in [0, 0.05) is 24.0 Å². The lowest BCUT2D eigenvalue weighted by molar-refractivity contribution is -0.867. The third kappa shape index (κ3) is 2.85. The first-order valence-corrected chi connectivity index (χ1v) is 8.53. The second-order valence-corrected chi connectivity index (χ2v) is 6.86. The number of rotatable bonds is 3. The number of quaternary nitrogens is 1. The summed E-state index contributed by atoms with van der Waals surface area (Å²) in [5.74, 6) is 1.64. The Hall–Kier alpha value is -1.53. The standard InChI is InChI=1S/C21H24NO2.HI/c1-22-12-11-16-13-20(23-2)21(24-3)14-17(16)19(22)10-9-18(22)15-7-5-4-6-8-15;/h4-8,10,13-14,18H,9,11-12H2,1-3H3;1H/q+1;/p-1. The van der Waals surface area contributed by atoms with Gasteiger partial charge >= 0.3 is 0 Å². The molecule has 2 heterocycles. The topological polar surface area (TPSA) is 18.5 Å². The molecule has 0 aromatic heterocycles. The lowest BCUT2D eigenvalue weighted by Crippen LogP contribution is -3.00. The molecule has 0 amide bonds. The quantitative estimate of drug-likeness (QED) is 0.518. The summed E-state index contributed by atoms with van der Waals surface area (Å²) in [5, 5.41) is 0. The first-order chi connectivity index (χ1) is 11.7. The smallest absolute Gasteiger partial charge is 0.161 e. The molecule has 2 aliphatic heterocycles. The van der Waals surface area contributed by atoms with Crippen LogP contribution in [-0.4, -0.2) is 32.3 Å². The highest BCUT2D eigenvalue weighted by molar-refractivity contribution is 5.69. The van der Waals surface area contributed by atoms with Crippen LogP contribution in [0.25, 0.3) is 5.70 Å². The summed E-state index contributed by atoms with van der Waals surface area (Å²) >= 11 is 0. The van der Waals surface area contributed by atoms with E-state index in [9.17, 15) is 0 Å². The maximum Gasteiger partial charge on any atom is 0.161 e. The van der Waals surface area contributed by atoms with Crippen molar-refractivity contribution in [2.75, 3.05) is 27.8 Å². The molecule has 4 rings (SSSR count). The molecular formula is C21H24INO2. The van der Waals surface area contributed by atoms with Crippen LogP contribution in [0.15, 0.2) is 48.5 Å².